The molecule has 8 aromatic rings. The molecular weight excluding hydrogens is 857 g/mol. The standard InChI is InChI=1S/C46H42N8O4S4/c1-26-30(6-4-16-53(26)43(55)23-57-3)40-21-33-35(13-15-48-46(33)61-40)51-29-9-11-39-37(19-29)52-42(60-39)22-58-24-44(56)54-17-5-7-31(27(54)2)41-20-32-34(12-14-47-45(32)62-41)50-28-8-10-38-36(18-28)49-25-59-38/h6-15,18-21,25-27H,4-5,16-17,22-24H2,1-3H3,(H,47,50)(H,48,51)/t26-,27?/m1/s1. The van der Waals surface area contributed by atoms with Gasteiger partial charge < -0.3 is 29.9 Å². The van der Waals surface area contributed by atoms with Crippen LogP contribution in [0.5, 0.6) is 0 Å². The predicted molar refractivity (Wildman–Crippen MR) is 254 cm³/mol. The van der Waals surface area contributed by atoms with Gasteiger partial charge in [0, 0.05) is 64.5 Å². The number of rotatable bonds is 12. The van der Waals surface area contributed by atoms with Gasteiger partial charge in [-0.3, -0.25) is 9.59 Å². The summed E-state index contributed by atoms with van der Waals surface area (Å²) in [5.41, 5.74) is 9.78. The van der Waals surface area contributed by atoms with E-state index in [0.29, 0.717) is 13.1 Å². The van der Waals surface area contributed by atoms with E-state index in [9.17, 15) is 9.59 Å². The van der Waals surface area contributed by atoms with Crippen molar-refractivity contribution in [1.82, 2.24) is 29.7 Å². The third kappa shape index (κ3) is 7.98. The number of thiazole rings is 2. The Balaban J connectivity index is 0.773. The summed E-state index contributed by atoms with van der Waals surface area (Å²) in [6.45, 7) is 5.79. The number of anilines is 4. The van der Waals surface area contributed by atoms with Gasteiger partial charge in [0.2, 0.25) is 11.8 Å². The molecule has 314 valence electrons. The molecule has 2 aliphatic rings. The van der Waals surface area contributed by atoms with Crippen LogP contribution in [0.1, 0.15) is 41.5 Å². The molecule has 10 rings (SSSR count). The molecule has 16 heteroatoms. The summed E-state index contributed by atoms with van der Waals surface area (Å²) >= 11 is 6.48. The van der Waals surface area contributed by atoms with Gasteiger partial charge in [-0.15, -0.1) is 45.3 Å². The number of benzene rings is 2. The van der Waals surface area contributed by atoms with Gasteiger partial charge in [-0.2, -0.15) is 0 Å². The number of thiophene rings is 2. The van der Waals surface area contributed by atoms with E-state index in [0.717, 1.165) is 102 Å². The fourth-order valence-electron chi connectivity index (χ4n) is 8.33. The molecule has 0 aliphatic carbocycles. The number of carbonyl (C=O) groups excluding carboxylic acids is 2. The third-order valence-electron chi connectivity index (χ3n) is 11.4. The van der Waals surface area contributed by atoms with Crippen molar-refractivity contribution in [3.05, 3.63) is 105 Å². The SMILES string of the molecule is COCC(=O)N1CCC=C(c2cc3c(Nc4ccc5sc(COCC(=O)N6CCC=C(c7cc8c(Nc9ccc%10scnc%10c9)ccnc8s7)C6C)nc5c4)ccnc3s2)[C@H]1C. The van der Waals surface area contributed by atoms with Gasteiger partial charge in [-0.1, -0.05) is 12.2 Å². The highest BCUT2D eigenvalue weighted by Gasteiger charge is 2.29. The molecular formula is C46H42N8O4S4. The maximum absolute atomic E-state index is 13.6. The minimum atomic E-state index is -0.109. The van der Waals surface area contributed by atoms with E-state index in [1.807, 2.05) is 45.9 Å². The first-order valence-electron chi connectivity index (χ1n) is 20.4. The van der Waals surface area contributed by atoms with Crippen LogP contribution in [0.4, 0.5) is 22.7 Å². The lowest BCUT2D eigenvalue weighted by Crippen LogP contribution is -2.43. The summed E-state index contributed by atoms with van der Waals surface area (Å²) in [6.07, 6.45) is 9.71. The Labute approximate surface area is 373 Å². The number of aromatic nitrogens is 4. The van der Waals surface area contributed by atoms with Crippen molar-refractivity contribution in [2.45, 2.75) is 45.4 Å². The molecule has 0 bridgehead atoms. The summed E-state index contributed by atoms with van der Waals surface area (Å²) < 4.78 is 13.4. The minimum absolute atomic E-state index is 0.000774. The third-order valence-corrected chi connectivity index (χ3v) is 15.4. The lowest BCUT2D eigenvalue weighted by Gasteiger charge is -2.34. The molecule has 2 amide bonds. The Morgan fingerprint density at radius 2 is 1.29 bits per heavy atom. The summed E-state index contributed by atoms with van der Waals surface area (Å²) in [4.78, 5) is 52.9. The average molecular weight is 899 g/mol. The Bertz CT molecular complexity index is 3060. The zero-order valence-electron chi connectivity index (χ0n) is 34.2. The van der Waals surface area contributed by atoms with E-state index in [-0.39, 0.29) is 43.7 Å². The topological polar surface area (TPSA) is 135 Å². The highest BCUT2D eigenvalue weighted by molar-refractivity contribution is 7.20. The summed E-state index contributed by atoms with van der Waals surface area (Å²) in [6, 6.07) is 20.6. The van der Waals surface area contributed by atoms with Gasteiger partial charge in [0.15, 0.2) is 0 Å². The second kappa shape index (κ2) is 17.3. The molecule has 2 N–H and O–H groups in total. The number of nitrogens with one attached hydrogen (secondary N) is 2. The van der Waals surface area contributed by atoms with Gasteiger partial charge in [-0.25, -0.2) is 19.9 Å². The monoisotopic (exact) mass is 898 g/mol. The Hall–Kier alpha value is -5.62. The van der Waals surface area contributed by atoms with Crippen LogP contribution in [0.2, 0.25) is 0 Å². The van der Waals surface area contributed by atoms with Gasteiger partial charge in [0.25, 0.3) is 0 Å². The highest BCUT2D eigenvalue weighted by atomic mass is 32.1. The maximum atomic E-state index is 13.6. The van der Waals surface area contributed by atoms with Crippen LogP contribution in [-0.4, -0.2) is 87.0 Å². The summed E-state index contributed by atoms with van der Waals surface area (Å²) in [5.74, 6) is -0.0414. The number of pyridine rings is 2. The zero-order valence-corrected chi connectivity index (χ0v) is 37.5. The van der Waals surface area contributed by atoms with Crippen LogP contribution in [0.25, 0.3) is 52.0 Å². The van der Waals surface area contributed by atoms with Crippen molar-refractivity contribution in [1.29, 1.82) is 0 Å². The first-order chi connectivity index (χ1) is 30.3. The number of fused-ring (bicyclic) bond motifs is 4. The number of ether oxygens (including phenoxy) is 2. The van der Waals surface area contributed by atoms with Crippen LogP contribution in [0.15, 0.2) is 90.7 Å². The first-order valence-corrected chi connectivity index (χ1v) is 23.7. The summed E-state index contributed by atoms with van der Waals surface area (Å²) in [7, 11) is 1.55. The average Bonchev–Trinajstić information content (AvgIpc) is 4.10. The molecule has 1 unspecified atom stereocenters. The first kappa shape index (κ1) is 40.5. The number of amides is 2. The molecule has 2 aliphatic heterocycles. The second-order valence-electron chi connectivity index (χ2n) is 15.3. The van der Waals surface area contributed by atoms with Crippen molar-refractivity contribution in [3.8, 4) is 0 Å². The van der Waals surface area contributed by atoms with Crippen LogP contribution in [0, 0.1) is 0 Å². The number of nitrogens with zero attached hydrogens (tertiary/aromatic N) is 6. The lowest BCUT2D eigenvalue weighted by molar-refractivity contribution is -0.138. The van der Waals surface area contributed by atoms with E-state index < -0.39 is 0 Å². The molecule has 2 aromatic carbocycles. The number of methoxy groups -OCH3 is 1. The number of carbonyl (C=O) groups is 2. The van der Waals surface area contributed by atoms with Gasteiger partial charge >= 0.3 is 0 Å². The zero-order chi connectivity index (χ0) is 42.3. The Morgan fingerprint density at radius 1 is 0.710 bits per heavy atom. The predicted octanol–water partition coefficient (Wildman–Crippen LogP) is 10.5. The molecule has 12 nitrogen and oxygen atoms in total. The molecule has 0 saturated heterocycles. The van der Waals surface area contributed by atoms with E-state index >= 15 is 0 Å². The Kier molecular flexibility index (Phi) is 11.3. The van der Waals surface area contributed by atoms with Crippen molar-refractivity contribution < 1.29 is 19.1 Å². The quantitative estimate of drug-likeness (QED) is 0.122. The fourth-order valence-corrected chi connectivity index (χ4v) is 12.2. The van der Waals surface area contributed by atoms with Gasteiger partial charge in [-0.05, 0) is 98.5 Å². The fraction of sp³-hybridized carbons (Fsp3) is 0.261. The molecule has 6 aromatic heterocycles. The van der Waals surface area contributed by atoms with E-state index in [4.69, 9.17) is 14.5 Å². The van der Waals surface area contributed by atoms with Crippen LogP contribution < -0.4 is 10.6 Å². The van der Waals surface area contributed by atoms with Crippen molar-refractivity contribution in [2.75, 3.05) is 44.0 Å². The van der Waals surface area contributed by atoms with Crippen LogP contribution in [0.3, 0.4) is 0 Å². The van der Waals surface area contributed by atoms with Gasteiger partial charge in [0.05, 0.1) is 56.0 Å². The van der Waals surface area contributed by atoms with E-state index in [1.54, 1.807) is 52.5 Å². The highest BCUT2D eigenvalue weighted by Crippen LogP contribution is 2.40. The maximum Gasteiger partial charge on any atom is 0.249 e. The lowest BCUT2D eigenvalue weighted by atomic mass is 9.99. The van der Waals surface area contributed by atoms with E-state index in [2.05, 4.69) is 94.0 Å². The molecule has 0 spiro atoms. The summed E-state index contributed by atoms with van der Waals surface area (Å²) in [5, 5.41) is 10.0. The smallest absolute Gasteiger partial charge is 0.249 e. The minimum Gasteiger partial charge on any atom is -0.375 e. The van der Waals surface area contributed by atoms with Crippen molar-refractivity contribution >= 4 is 132 Å². The van der Waals surface area contributed by atoms with Crippen LogP contribution in [-0.2, 0) is 25.7 Å². The molecule has 0 radical (unpaired) electrons. The van der Waals surface area contributed by atoms with E-state index in [1.165, 1.54) is 0 Å². The van der Waals surface area contributed by atoms with Gasteiger partial charge in [0.1, 0.15) is 27.9 Å². The normalized spacial score (nSPS) is 17.0. The largest absolute Gasteiger partial charge is 0.375 e. The molecule has 2 atom stereocenters. The van der Waals surface area contributed by atoms with Crippen LogP contribution >= 0.6 is 45.3 Å². The molecule has 62 heavy (non-hydrogen) atoms. The second-order valence-corrected chi connectivity index (χ2v) is 19.4. The Morgan fingerprint density at radius 3 is 1.90 bits per heavy atom. The van der Waals surface area contributed by atoms with Crippen molar-refractivity contribution in [3.63, 3.8) is 0 Å². The van der Waals surface area contributed by atoms with Crippen molar-refractivity contribution in [2.24, 2.45) is 0 Å². The number of hydrogen-bond donors (Lipinski definition) is 2. The molecule has 0 saturated carbocycles. The number of hydrogen-bond acceptors (Lipinski definition) is 14. The molecule has 0 fully saturated rings. The molecule has 8 heterocycles.